The van der Waals surface area contributed by atoms with Crippen molar-refractivity contribution in [2.75, 3.05) is 6.61 Å². The molecule has 3 rings (SSSR count). The molecule has 0 bridgehead atoms. The van der Waals surface area contributed by atoms with Gasteiger partial charge in [-0.1, -0.05) is 67.9 Å². The van der Waals surface area contributed by atoms with E-state index in [4.69, 9.17) is 4.74 Å². The molecule has 5 nitrogen and oxygen atoms in total. The highest BCUT2D eigenvalue weighted by atomic mass is 16.5. The molecule has 0 unspecified atom stereocenters. The molecule has 1 fully saturated rings. The molecule has 5 heteroatoms. The Kier molecular flexibility index (Phi) is 6.95. The first-order valence-electron chi connectivity index (χ1n) is 9.89. The van der Waals surface area contributed by atoms with Crippen molar-refractivity contribution in [1.29, 1.82) is 0 Å². The van der Waals surface area contributed by atoms with Crippen molar-refractivity contribution >= 4 is 0 Å². The van der Waals surface area contributed by atoms with Gasteiger partial charge in [0.1, 0.15) is 18.3 Å². The van der Waals surface area contributed by atoms with Gasteiger partial charge in [-0.15, -0.1) is 0 Å². The molecule has 2 aromatic rings. The van der Waals surface area contributed by atoms with E-state index in [2.05, 4.69) is 37.5 Å². The van der Waals surface area contributed by atoms with Crippen LogP contribution in [0.2, 0.25) is 0 Å². The minimum absolute atomic E-state index is 0.335. The van der Waals surface area contributed by atoms with Gasteiger partial charge in [0.05, 0.1) is 6.61 Å². The molecule has 30 heavy (non-hydrogen) atoms. The van der Waals surface area contributed by atoms with Crippen LogP contribution >= 0.6 is 0 Å². The van der Waals surface area contributed by atoms with E-state index in [0.29, 0.717) is 11.5 Å². The molecule has 0 aliphatic carbocycles. The van der Waals surface area contributed by atoms with Crippen molar-refractivity contribution in [3.05, 3.63) is 71.3 Å². The lowest BCUT2D eigenvalue weighted by Gasteiger charge is -2.43. The zero-order valence-corrected chi connectivity index (χ0v) is 17.0. The molecule has 0 spiro atoms. The summed E-state index contributed by atoms with van der Waals surface area (Å²) in [5.41, 5.74) is 0.343. The molecule has 4 N–H and O–H groups in total. The minimum atomic E-state index is -2.14. The van der Waals surface area contributed by atoms with E-state index < -0.39 is 36.6 Å². The van der Waals surface area contributed by atoms with Gasteiger partial charge in [0, 0.05) is 11.1 Å². The Morgan fingerprint density at radius 2 is 1.70 bits per heavy atom. The molecule has 1 aliphatic rings. The van der Waals surface area contributed by atoms with Crippen LogP contribution in [0.1, 0.15) is 36.5 Å². The van der Waals surface area contributed by atoms with E-state index in [-0.39, 0.29) is 0 Å². The summed E-state index contributed by atoms with van der Waals surface area (Å²) in [4.78, 5) is 0. The van der Waals surface area contributed by atoms with E-state index in [9.17, 15) is 20.4 Å². The maximum Gasteiger partial charge on any atom is 0.191 e. The molecule has 1 heterocycles. The first-order valence-corrected chi connectivity index (χ1v) is 9.89. The third-order valence-corrected chi connectivity index (χ3v) is 5.13. The van der Waals surface area contributed by atoms with Gasteiger partial charge in [0.2, 0.25) is 0 Å². The zero-order valence-electron chi connectivity index (χ0n) is 17.0. The van der Waals surface area contributed by atoms with Gasteiger partial charge < -0.3 is 25.2 Å². The summed E-state index contributed by atoms with van der Waals surface area (Å²) in [5, 5.41) is 41.5. The van der Waals surface area contributed by atoms with E-state index >= 15 is 0 Å². The van der Waals surface area contributed by atoms with Crippen molar-refractivity contribution in [3.8, 4) is 23.7 Å². The number of benzene rings is 2. The monoisotopic (exact) mass is 406 g/mol. The zero-order chi connectivity index (χ0) is 21.7. The molecule has 0 saturated carbocycles. The number of ether oxygens (including phenoxy) is 1. The highest BCUT2D eigenvalue weighted by molar-refractivity contribution is 5.43. The topological polar surface area (TPSA) is 90.2 Å². The van der Waals surface area contributed by atoms with Crippen molar-refractivity contribution in [1.82, 2.24) is 0 Å². The Hall–Kier alpha value is -2.64. The van der Waals surface area contributed by atoms with Crippen LogP contribution < -0.4 is 0 Å². The smallest absolute Gasteiger partial charge is 0.191 e. The Morgan fingerprint density at radius 3 is 2.37 bits per heavy atom. The van der Waals surface area contributed by atoms with Crippen molar-refractivity contribution in [2.24, 2.45) is 0 Å². The highest BCUT2D eigenvalue weighted by Gasteiger charge is 2.53. The first kappa shape index (κ1) is 22.1. The van der Waals surface area contributed by atoms with Gasteiger partial charge in [0.25, 0.3) is 0 Å². The molecule has 1 saturated heterocycles. The largest absolute Gasteiger partial charge is 0.394 e. The van der Waals surface area contributed by atoms with Gasteiger partial charge in [0.15, 0.2) is 11.7 Å². The average Bonchev–Trinajstić information content (AvgIpc) is 2.77. The number of aliphatic hydroxyl groups excluding tert-OH is 3. The van der Waals surface area contributed by atoms with Gasteiger partial charge in [-0.3, -0.25) is 0 Å². The fraction of sp³-hybridized carbons (Fsp3) is 0.360. The normalized spacial score (nSPS) is 28.2. The number of hydrogen-bond acceptors (Lipinski definition) is 5. The lowest BCUT2D eigenvalue weighted by atomic mass is 9.82. The lowest BCUT2D eigenvalue weighted by molar-refractivity contribution is -0.239. The standard InChI is InChI=1S/C25H26O5/c1-17(2)20-10-6-9-19(15-20)11-12-22-25(29,14-13-18-7-4-3-5-8-18)24(28)23(27)21(16-26)30-22/h3-10,15,17,21-24,26-29H,16H2,1-2H3/t21-,22-,23-,24+,25-/m1/s1. The predicted octanol–water partition coefficient (Wildman–Crippen LogP) is 1.43. The molecule has 156 valence electrons. The lowest BCUT2D eigenvalue weighted by Crippen LogP contribution is -2.65. The second-order valence-corrected chi connectivity index (χ2v) is 7.66. The van der Waals surface area contributed by atoms with Crippen LogP contribution in [0.5, 0.6) is 0 Å². The summed E-state index contributed by atoms with van der Waals surface area (Å²) in [6.07, 6.45) is -5.49. The van der Waals surface area contributed by atoms with E-state index in [1.807, 2.05) is 30.3 Å². The average molecular weight is 406 g/mol. The molecular weight excluding hydrogens is 380 g/mol. The third-order valence-electron chi connectivity index (χ3n) is 5.13. The van der Waals surface area contributed by atoms with Crippen LogP contribution in [0.4, 0.5) is 0 Å². The van der Waals surface area contributed by atoms with E-state index in [1.165, 1.54) is 0 Å². The first-order chi connectivity index (χ1) is 14.3. The fourth-order valence-electron chi connectivity index (χ4n) is 3.23. The van der Waals surface area contributed by atoms with Crippen LogP contribution in [0.3, 0.4) is 0 Å². The number of rotatable bonds is 2. The maximum absolute atomic E-state index is 11.2. The van der Waals surface area contributed by atoms with E-state index in [0.717, 1.165) is 11.1 Å². The Morgan fingerprint density at radius 1 is 1.00 bits per heavy atom. The van der Waals surface area contributed by atoms with Crippen LogP contribution in [0.15, 0.2) is 54.6 Å². The molecule has 0 aromatic heterocycles. The Labute approximate surface area is 177 Å². The van der Waals surface area contributed by atoms with Gasteiger partial charge in [-0.2, -0.15) is 0 Å². The summed E-state index contributed by atoms with van der Waals surface area (Å²) in [6, 6.07) is 16.7. The molecule has 0 radical (unpaired) electrons. The van der Waals surface area contributed by atoms with E-state index in [1.54, 1.807) is 24.3 Å². The highest BCUT2D eigenvalue weighted by Crippen LogP contribution is 2.30. The number of aliphatic hydroxyl groups is 4. The van der Waals surface area contributed by atoms with Crippen LogP contribution in [0, 0.1) is 23.7 Å². The Bertz CT molecular complexity index is 979. The third kappa shape index (κ3) is 4.74. The quantitative estimate of drug-likeness (QED) is 0.567. The molecule has 2 aromatic carbocycles. The SMILES string of the molecule is CC(C)c1cccc(C#C[C@H]2O[C@H](CO)[C@@H](O)[C@H](O)[C@@]2(O)C#Cc2ccccc2)c1. The molecule has 0 amide bonds. The summed E-state index contributed by atoms with van der Waals surface area (Å²) < 4.78 is 5.64. The summed E-state index contributed by atoms with van der Waals surface area (Å²) in [6.45, 7) is 3.64. The molecule has 5 atom stereocenters. The second-order valence-electron chi connectivity index (χ2n) is 7.66. The molecular formula is C25H26O5. The minimum Gasteiger partial charge on any atom is -0.394 e. The molecule has 1 aliphatic heterocycles. The summed E-state index contributed by atoms with van der Waals surface area (Å²) >= 11 is 0. The number of hydrogen-bond donors (Lipinski definition) is 4. The van der Waals surface area contributed by atoms with Gasteiger partial charge in [-0.05, 0) is 35.7 Å². The van der Waals surface area contributed by atoms with Crippen LogP contribution in [-0.2, 0) is 4.74 Å². The summed E-state index contributed by atoms with van der Waals surface area (Å²) in [7, 11) is 0. The second kappa shape index (κ2) is 9.45. The van der Waals surface area contributed by atoms with Crippen LogP contribution in [0.25, 0.3) is 0 Å². The Balaban J connectivity index is 1.98. The van der Waals surface area contributed by atoms with Crippen molar-refractivity contribution in [2.45, 2.75) is 49.8 Å². The van der Waals surface area contributed by atoms with Gasteiger partial charge >= 0.3 is 0 Å². The van der Waals surface area contributed by atoms with Gasteiger partial charge in [-0.25, -0.2) is 0 Å². The fourth-order valence-corrected chi connectivity index (χ4v) is 3.23. The predicted molar refractivity (Wildman–Crippen MR) is 113 cm³/mol. The van der Waals surface area contributed by atoms with Crippen LogP contribution in [-0.4, -0.2) is 57.0 Å². The maximum atomic E-state index is 11.2. The van der Waals surface area contributed by atoms with Crippen molar-refractivity contribution in [3.63, 3.8) is 0 Å². The van der Waals surface area contributed by atoms with Crippen molar-refractivity contribution < 1.29 is 25.2 Å². The summed E-state index contributed by atoms with van der Waals surface area (Å²) in [5.74, 6) is 11.6.